The third kappa shape index (κ3) is 2.50. The first-order valence-corrected chi connectivity index (χ1v) is 6.80. The van der Waals surface area contributed by atoms with E-state index < -0.39 is 6.10 Å². The molecule has 1 nitrogen and oxygen atoms in total. The van der Waals surface area contributed by atoms with E-state index in [1.54, 1.807) is 0 Å². The predicted molar refractivity (Wildman–Crippen MR) is 78.9 cm³/mol. The van der Waals surface area contributed by atoms with Gasteiger partial charge < -0.3 is 5.11 Å². The van der Waals surface area contributed by atoms with Crippen LogP contribution < -0.4 is 0 Å². The second kappa shape index (κ2) is 5.25. The summed E-state index contributed by atoms with van der Waals surface area (Å²) in [5.41, 5.74) is 5.42. The Morgan fingerprint density at radius 2 is 1.56 bits per heavy atom. The molecule has 0 aliphatic heterocycles. The van der Waals surface area contributed by atoms with Gasteiger partial charge in [-0.1, -0.05) is 51.8 Å². The van der Waals surface area contributed by atoms with Crippen LogP contribution in [-0.4, -0.2) is 5.11 Å². The molecule has 2 rings (SSSR count). The summed E-state index contributed by atoms with van der Waals surface area (Å²) < 4.78 is 0.942. The van der Waals surface area contributed by atoms with Crippen molar-refractivity contribution in [1.29, 1.82) is 0 Å². The van der Waals surface area contributed by atoms with Crippen LogP contribution in [0.5, 0.6) is 0 Å². The standard InChI is InChI=1S/C16H17BrO/c1-10-8-11(2)15(12(3)9-10)16(18)13-6-4-5-7-14(13)17/h4-9,16,18H,1-3H3/t16-/m0/s1. The average molecular weight is 305 g/mol. The van der Waals surface area contributed by atoms with Crippen molar-refractivity contribution in [2.24, 2.45) is 0 Å². The molecule has 0 aromatic heterocycles. The first-order valence-electron chi connectivity index (χ1n) is 6.01. The number of halogens is 1. The summed E-state index contributed by atoms with van der Waals surface area (Å²) in [6.07, 6.45) is -0.582. The molecule has 0 fully saturated rings. The molecule has 0 radical (unpaired) electrons. The van der Waals surface area contributed by atoms with Crippen LogP contribution in [-0.2, 0) is 0 Å². The molecule has 2 aromatic rings. The molecule has 0 spiro atoms. The second-order valence-electron chi connectivity index (χ2n) is 4.74. The fourth-order valence-electron chi connectivity index (χ4n) is 2.47. The zero-order valence-electron chi connectivity index (χ0n) is 10.9. The molecule has 0 heterocycles. The lowest BCUT2D eigenvalue weighted by molar-refractivity contribution is 0.218. The number of aliphatic hydroxyl groups is 1. The van der Waals surface area contributed by atoms with Gasteiger partial charge in [-0.15, -0.1) is 0 Å². The Morgan fingerprint density at radius 1 is 1.00 bits per heavy atom. The monoisotopic (exact) mass is 304 g/mol. The highest BCUT2D eigenvalue weighted by Gasteiger charge is 2.17. The summed E-state index contributed by atoms with van der Waals surface area (Å²) in [7, 11) is 0. The minimum atomic E-state index is -0.582. The molecule has 0 amide bonds. The summed E-state index contributed by atoms with van der Waals surface area (Å²) in [6.45, 7) is 6.18. The van der Waals surface area contributed by atoms with Crippen molar-refractivity contribution in [2.75, 3.05) is 0 Å². The Morgan fingerprint density at radius 3 is 2.11 bits per heavy atom. The van der Waals surface area contributed by atoms with E-state index in [2.05, 4.69) is 48.8 Å². The number of rotatable bonds is 2. The van der Waals surface area contributed by atoms with Gasteiger partial charge in [0.25, 0.3) is 0 Å². The lowest BCUT2D eigenvalue weighted by Crippen LogP contribution is -2.05. The molecule has 0 bridgehead atoms. The molecule has 2 aromatic carbocycles. The van der Waals surface area contributed by atoms with Crippen molar-refractivity contribution in [1.82, 2.24) is 0 Å². The van der Waals surface area contributed by atoms with Gasteiger partial charge in [-0.05, 0) is 49.1 Å². The zero-order valence-corrected chi connectivity index (χ0v) is 12.5. The van der Waals surface area contributed by atoms with Crippen LogP contribution in [0.25, 0.3) is 0 Å². The molecule has 0 unspecified atom stereocenters. The minimum Gasteiger partial charge on any atom is -0.384 e. The Balaban J connectivity index is 2.53. The van der Waals surface area contributed by atoms with Crippen molar-refractivity contribution in [3.05, 3.63) is 68.7 Å². The van der Waals surface area contributed by atoms with Gasteiger partial charge in [-0.25, -0.2) is 0 Å². The van der Waals surface area contributed by atoms with Gasteiger partial charge >= 0.3 is 0 Å². The maximum Gasteiger partial charge on any atom is 0.106 e. The third-order valence-electron chi connectivity index (χ3n) is 3.21. The quantitative estimate of drug-likeness (QED) is 0.868. The molecule has 0 aliphatic rings. The summed E-state index contributed by atoms with van der Waals surface area (Å²) in [6, 6.07) is 12.0. The summed E-state index contributed by atoms with van der Waals surface area (Å²) in [4.78, 5) is 0. The fraction of sp³-hybridized carbons (Fsp3) is 0.250. The van der Waals surface area contributed by atoms with Gasteiger partial charge in [0, 0.05) is 4.47 Å². The lowest BCUT2D eigenvalue weighted by Gasteiger charge is -2.19. The van der Waals surface area contributed by atoms with Crippen LogP contribution in [0.2, 0.25) is 0 Å². The highest BCUT2D eigenvalue weighted by molar-refractivity contribution is 9.10. The first kappa shape index (κ1) is 13.3. The van der Waals surface area contributed by atoms with Crippen molar-refractivity contribution < 1.29 is 5.11 Å². The summed E-state index contributed by atoms with van der Waals surface area (Å²) >= 11 is 3.50. The van der Waals surface area contributed by atoms with Gasteiger partial charge in [0.15, 0.2) is 0 Å². The number of benzene rings is 2. The summed E-state index contributed by atoms with van der Waals surface area (Å²) in [5.74, 6) is 0. The Labute approximate surface area is 117 Å². The van der Waals surface area contributed by atoms with E-state index in [0.717, 1.165) is 26.7 Å². The van der Waals surface area contributed by atoms with Crippen molar-refractivity contribution in [2.45, 2.75) is 26.9 Å². The fourth-order valence-corrected chi connectivity index (χ4v) is 2.98. The number of aliphatic hydroxyl groups excluding tert-OH is 1. The third-order valence-corrected chi connectivity index (χ3v) is 3.93. The Bertz CT molecular complexity index is 552. The molecule has 2 heteroatoms. The SMILES string of the molecule is Cc1cc(C)c([C@@H](O)c2ccccc2Br)c(C)c1. The van der Waals surface area contributed by atoms with E-state index in [1.807, 2.05) is 24.3 Å². The van der Waals surface area contributed by atoms with E-state index in [4.69, 9.17) is 0 Å². The summed E-state index contributed by atoms with van der Waals surface area (Å²) in [5, 5.41) is 10.6. The second-order valence-corrected chi connectivity index (χ2v) is 5.59. The highest BCUT2D eigenvalue weighted by atomic mass is 79.9. The molecule has 0 saturated carbocycles. The number of hydrogen-bond acceptors (Lipinski definition) is 1. The molecule has 1 N–H and O–H groups in total. The van der Waals surface area contributed by atoms with Crippen LogP contribution in [0, 0.1) is 20.8 Å². The van der Waals surface area contributed by atoms with Crippen LogP contribution in [0.15, 0.2) is 40.9 Å². The number of aryl methyl sites for hydroxylation is 3. The van der Waals surface area contributed by atoms with Crippen LogP contribution >= 0.6 is 15.9 Å². The maximum atomic E-state index is 10.6. The first-order chi connectivity index (χ1) is 8.50. The normalized spacial score (nSPS) is 12.5. The van der Waals surface area contributed by atoms with Crippen molar-refractivity contribution in [3.8, 4) is 0 Å². The molecule has 1 atom stereocenters. The van der Waals surface area contributed by atoms with Gasteiger partial charge in [0.05, 0.1) is 0 Å². The van der Waals surface area contributed by atoms with Crippen molar-refractivity contribution >= 4 is 15.9 Å². The molecule has 0 saturated heterocycles. The number of hydrogen-bond donors (Lipinski definition) is 1. The van der Waals surface area contributed by atoms with E-state index in [9.17, 15) is 5.11 Å². The van der Waals surface area contributed by atoms with Crippen LogP contribution in [0.3, 0.4) is 0 Å². The molecular weight excluding hydrogens is 288 g/mol. The van der Waals surface area contributed by atoms with Gasteiger partial charge in [-0.3, -0.25) is 0 Å². The van der Waals surface area contributed by atoms with E-state index >= 15 is 0 Å². The maximum absolute atomic E-state index is 10.6. The molecule has 94 valence electrons. The smallest absolute Gasteiger partial charge is 0.106 e. The lowest BCUT2D eigenvalue weighted by atomic mass is 9.92. The highest BCUT2D eigenvalue weighted by Crippen LogP contribution is 2.32. The Hall–Kier alpha value is -1.12. The molecule has 0 aliphatic carbocycles. The van der Waals surface area contributed by atoms with Gasteiger partial charge in [0.2, 0.25) is 0 Å². The largest absolute Gasteiger partial charge is 0.384 e. The van der Waals surface area contributed by atoms with Gasteiger partial charge in [-0.2, -0.15) is 0 Å². The van der Waals surface area contributed by atoms with E-state index in [1.165, 1.54) is 5.56 Å². The zero-order chi connectivity index (χ0) is 13.3. The topological polar surface area (TPSA) is 20.2 Å². The van der Waals surface area contributed by atoms with Gasteiger partial charge in [0.1, 0.15) is 6.10 Å². The Kier molecular flexibility index (Phi) is 3.88. The predicted octanol–water partition coefficient (Wildman–Crippen LogP) is 4.46. The van der Waals surface area contributed by atoms with Crippen LogP contribution in [0.4, 0.5) is 0 Å². The minimum absolute atomic E-state index is 0.582. The van der Waals surface area contributed by atoms with E-state index in [-0.39, 0.29) is 0 Å². The average Bonchev–Trinajstić information content (AvgIpc) is 2.27. The van der Waals surface area contributed by atoms with Crippen LogP contribution in [0.1, 0.15) is 33.9 Å². The molecular formula is C16H17BrO. The van der Waals surface area contributed by atoms with E-state index in [0.29, 0.717) is 0 Å². The van der Waals surface area contributed by atoms with Crippen molar-refractivity contribution in [3.63, 3.8) is 0 Å². The molecule has 18 heavy (non-hydrogen) atoms.